The summed E-state index contributed by atoms with van der Waals surface area (Å²) in [4.78, 5) is 30.6. The van der Waals surface area contributed by atoms with Crippen LogP contribution in [-0.4, -0.2) is 26.1 Å². The molecule has 2 heterocycles. The van der Waals surface area contributed by atoms with E-state index in [0.29, 0.717) is 9.99 Å². The standard InChI is InChI=1S/C13H16BrN5O3/c1-13(2,3)22-9(20)6-19-8-4-7(14)5-16-10(8)11(21)17-12(19)18-15/h4-5H,6,15H2,1-3H3,(H,17,18,21). The number of esters is 1. The van der Waals surface area contributed by atoms with Crippen LogP contribution in [0.15, 0.2) is 26.6 Å². The molecule has 3 N–H and O–H groups in total. The molecule has 0 amide bonds. The fourth-order valence-electron chi connectivity index (χ4n) is 1.92. The molecule has 0 spiro atoms. The molecule has 9 heteroatoms. The number of nitrogens with one attached hydrogen (secondary N) is 1. The van der Waals surface area contributed by atoms with Gasteiger partial charge in [0.1, 0.15) is 12.1 Å². The molecule has 2 aromatic rings. The van der Waals surface area contributed by atoms with Crippen molar-refractivity contribution >= 4 is 32.9 Å². The maximum absolute atomic E-state index is 12.1. The lowest BCUT2D eigenvalue weighted by molar-refractivity contribution is -0.155. The summed E-state index contributed by atoms with van der Waals surface area (Å²) in [5, 5.41) is 3.52. The molecule has 0 aliphatic carbocycles. The molecule has 0 aromatic carbocycles. The minimum atomic E-state index is -0.617. The molecule has 0 aliphatic heterocycles. The zero-order valence-electron chi connectivity index (χ0n) is 12.4. The van der Waals surface area contributed by atoms with E-state index in [4.69, 9.17) is 10.6 Å². The molecule has 0 saturated heterocycles. The number of carbonyl (C=O) groups excluding carboxylic acids is 1. The first kappa shape index (κ1) is 16.2. The van der Waals surface area contributed by atoms with Gasteiger partial charge in [0.25, 0.3) is 5.56 Å². The second-order valence-corrected chi connectivity index (χ2v) is 6.52. The van der Waals surface area contributed by atoms with Crippen molar-refractivity contribution in [2.24, 2.45) is 10.9 Å². The number of aromatic amines is 1. The summed E-state index contributed by atoms with van der Waals surface area (Å²) in [7, 11) is 0. The van der Waals surface area contributed by atoms with E-state index < -0.39 is 17.1 Å². The van der Waals surface area contributed by atoms with Gasteiger partial charge in [0.15, 0.2) is 5.52 Å². The van der Waals surface area contributed by atoms with Gasteiger partial charge in [0.2, 0.25) is 5.62 Å². The summed E-state index contributed by atoms with van der Waals surface area (Å²) >= 11 is 3.29. The van der Waals surface area contributed by atoms with Crippen molar-refractivity contribution in [1.82, 2.24) is 14.5 Å². The molecule has 0 atom stereocenters. The van der Waals surface area contributed by atoms with Crippen molar-refractivity contribution in [2.75, 3.05) is 0 Å². The van der Waals surface area contributed by atoms with E-state index in [2.05, 4.69) is 31.0 Å². The van der Waals surface area contributed by atoms with Gasteiger partial charge in [-0.15, -0.1) is 5.10 Å². The molecule has 0 fully saturated rings. The molecule has 2 rings (SSSR count). The zero-order chi connectivity index (χ0) is 16.5. The van der Waals surface area contributed by atoms with E-state index in [1.54, 1.807) is 26.8 Å². The van der Waals surface area contributed by atoms with Crippen molar-refractivity contribution in [3.8, 4) is 0 Å². The lowest BCUT2D eigenvalue weighted by atomic mass is 10.2. The number of aromatic nitrogens is 3. The highest BCUT2D eigenvalue weighted by Gasteiger charge is 2.18. The summed E-state index contributed by atoms with van der Waals surface area (Å²) in [6.07, 6.45) is 1.49. The molecule has 2 aromatic heterocycles. The van der Waals surface area contributed by atoms with E-state index in [1.807, 2.05) is 0 Å². The topological polar surface area (TPSA) is 115 Å². The predicted octanol–water partition coefficient (Wildman–Crippen LogP) is 0.603. The van der Waals surface area contributed by atoms with Gasteiger partial charge >= 0.3 is 5.97 Å². The van der Waals surface area contributed by atoms with Crippen LogP contribution < -0.4 is 17.0 Å². The number of ether oxygens (including phenoxy) is 1. The third-order valence-corrected chi connectivity index (χ3v) is 3.08. The minimum absolute atomic E-state index is 0.0586. The fraction of sp³-hybridized carbons (Fsp3) is 0.385. The normalized spacial score (nSPS) is 12.6. The number of fused-ring (bicyclic) bond motifs is 1. The third kappa shape index (κ3) is 3.53. The maximum Gasteiger partial charge on any atom is 0.326 e. The summed E-state index contributed by atoms with van der Waals surface area (Å²) in [5.41, 5.74) is -0.392. The number of hydrogen-bond donors (Lipinski definition) is 2. The number of carbonyl (C=O) groups is 1. The average molecular weight is 370 g/mol. The van der Waals surface area contributed by atoms with Gasteiger partial charge < -0.3 is 10.6 Å². The smallest absolute Gasteiger partial charge is 0.326 e. The van der Waals surface area contributed by atoms with Crippen molar-refractivity contribution in [1.29, 1.82) is 0 Å². The Balaban J connectivity index is 2.61. The summed E-state index contributed by atoms with van der Waals surface area (Å²) in [5.74, 6) is 4.83. The highest BCUT2D eigenvalue weighted by molar-refractivity contribution is 9.10. The third-order valence-electron chi connectivity index (χ3n) is 2.65. The Kier molecular flexibility index (Phi) is 4.36. The van der Waals surface area contributed by atoms with E-state index >= 15 is 0 Å². The summed E-state index contributed by atoms with van der Waals surface area (Å²) in [6, 6.07) is 1.66. The van der Waals surface area contributed by atoms with Crippen molar-refractivity contribution < 1.29 is 9.53 Å². The first-order valence-electron chi connectivity index (χ1n) is 6.45. The first-order chi connectivity index (χ1) is 10.2. The molecule has 0 unspecified atom stereocenters. The number of pyridine rings is 1. The number of hydrogen-bond acceptors (Lipinski definition) is 6. The van der Waals surface area contributed by atoms with Crippen molar-refractivity contribution in [3.05, 3.63) is 32.7 Å². The number of nitrogens with two attached hydrogens (primary N) is 1. The molecule has 0 aliphatic rings. The van der Waals surface area contributed by atoms with E-state index in [1.165, 1.54) is 10.8 Å². The predicted molar refractivity (Wildman–Crippen MR) is 83.6 cm³/mol. The van der Waals surface area contributed by atoms with Gasteiger partial charge in [0.05, 0.1) is 5.52 Å². The van der Waals surface area contributed by atoms with Gasteiger partial charge in [-0.3, -0.25) is 19.1 Å². The van der Waals surface area contributed by atoms with Crippen molar-refractivity contribution in [3.63, 3.8) is 0 Å². The largest absolute Gasteiger partial charge is 0.459 e. The molecular formula is C13H16BrN5O3. The molecule has 0 bridgehead atoms. The van der Waals surface area contributed by atoms with Crippen LogP contribution in [-0.2, 0) is 16.1 Å². The van der Waals surface area contributed by atoms with Crippen molar-refractivity contribution in [2.45, 2.75) is 32.9 Å². The first-order valence-corrected chi connectivity index (χ1v) is 7.25. The summed E-state index contributed by atoms with van der Waals surface area (Å²) in [6.45, 7) is 5.16. The molecule has 0 radical (unpaired) electrons. The number of H-pyrrole nitrogens is 1. The molecular weight excluding hydrogens is 354 g/mol. The van der Waals surface area contributed by atoms with Crippen LogP contribution in [0.5, 0.6) is 0 Å². The van der Waals surface area contributed by atoms with Crippen LogP contribution in [0, 0.1) is 0 Å². The molecule has 118 valence electrons. The van der Waals surface area contributed by atoms with Gasteiger partial charge in [-0.1, -0.05) is 0 Å². The molecule has 22 heavy (non-hydrogen) atoms. The van der Waals surface area contributed by atoms with Gasteiger partial charge in [0, 0.05) is 10.7 Å². The summed E-state index contributed by atoms with van der Waals surface area (Å²) < 4.78 is 7.39. The molecule has 8 nitrogen and oxygen atoms in total. The Morgan fingerprint density at radius 1 is 1.55 bits per heavy atom. The van der Waals surface area contributed by atoms with Gasteiger partial charge in [-0.25, -0.2) is 4.98 Å². The Hall–Kier alpha value is -2.16. The maximum atomic E-state index is 12.1. The van der Waals surface area contributed by atoms with Crippen LogP contribution in [0.1, 0.15) is 20.8 Å². The molecule has 0 saturated carbocycles. The van der Waals surface area contributed by atoms with E-state index in [-0.39, 0.29) is 17.7 Å². The second kappa shape index (κ2) is 5.91. The number of rotatable bonds is 2. The average Bonchev–Trinajstić information content (AvgIpc) is 2.39. The van der Waals surface area contributed by atoms with Crippen LogP contribution in [0.2, 0.25) is 0 Å². The lowest BCUT2D eigenvalue weighted by Crippen LogP contribution is -2.36. The van der Waals surface area contributed by atoms with Gasteiger partial charge in [-0.05, 0) is 42.8 Å². The highest BCUT2D eigenvalue weighted by Crippen LogP contribution is 2.14. The number of halogens is 1. The SMILES string of the molecule is CC(C)(C)OC(=O)Cn1/c(=N/N)[nH]c(=O)c2ncc(Br)cc21. The second-order valence-electron chi connectivity index (χ2n) is 5.60. The fourth-order valence-corrected chi connectivity index (χ4v) is 2.24. The van der Waals surface area contributed by atoms with Crippen LogP contribution in [0.25, 0.3) is 11.0 Å². The Morgan fingerprint density at radius 3 is 2.82 bits per heavy atom. The minimum Gasteiger partial charge on any atom is -0.459 e. The van der Waals surface area contributed by atoms with Crippen LogP contribution >= 0.6 is 15.9 Å². The Morgan fingerprint density at radius 2 is 2.23 bits per heavy atom. The zero-order valence-corrected chi connectivity index (χ0v) is 14.0. The quantitative estimate of drug-likeness (QED) is 0.456. The van der Waals surface area contributed by atoms with E-state index in [0.717, 1.165) is 0 Å². The number of nitrogens with zero attached hydrogens (tertiary/aromatic N) is 3. The van der Waals surface area contributed by atoms with Gasteiger partial charge in [-0.2, -0.15) is 0 Å². The highest BCUT2D eigenvalue weighted by atomic mass is 79.9. The van der Waals surface area contributed by atoms with Crippen LogP contribution in [0.3, 0.4) is 0 Å². The monoisotopic (exact) mass is 369 g/mol. The van der Waals surface area contributed by atoms with E-state index in [9.17, 15) is 9.59 Å². The Bertz CT molecular complexity index is 847. The van der Waals surface area contributed by atoms with Crippen LogP contribution in [0.4, 0.5) is 0 Å². The lowest BCUT2D eigenvalue weighted by Gasteiger charge is -2.20. The Labute approximate surface area is 134 Å².